The van der Waals surface area contributed by atoms with Gasteiger partial charge in [0.05, 0.1) is 13.2 Å². The quantitative estimate of drug-likeness (QED) is 0.0439. The van der Waals surface area contributed by atoms with Gasteiger partial charge in [0.2, 0.25) is 5.90 Å². The lowest BCUT2D eigenvalue weighted by atomic mass is 9.81. The highest BCUT2D eigenvalue weighted by Crippen LogP contribution is 2.45. The second-order valence-corrected chi connectivity index (χ2v) is 11.6. The number of halogens is 1. The van der Waals surface area contributed by atoms with E-state index in [9.17, 15) is 4.79 Å². The summed E-state index contributed by atoms with van der Waals surface area (Å²) >= 11 is 3.68. The molecule has 0 aliphatic carbocycles. The summed E-state index contributed by atoms with van der Waals surface area (Å²) in [6.45, 7) is 1.09. The van der Waals surface area contributed by atoms with Gasteiger partial charge in [-0.25, -0.2) is 10.4 Å². The second-order valence-electron chi connectivity index (χ2n) is 10.8. The topological polar surface area (TPSA) is 141 Å². The van der Waals surface area contributed by atoms with Crippen LogP contribution in [0.2, 0.25) is 0 Å². The molecular formula is C35H35BrN6O4. The number of aliphatic hydroxyl groups excluding tert-OH is 1. The number of aliphatic hydroxyl groups is 1. The van der Waals surface area contributed by atoms with Crippen LogP contribution in [-0.4, -0.2) is 42.2 Å². The average molecular weight is 684 g/mol. The molecule has 0 unspecified atom stereocenters. The fourth-order valence-electron chi connectivity index (χ4n) is 5.33. The van der Waals surface area contributed by atoms with E-state index in [2.05, 4.69) is 36.8 Å². The number of nitrogens with one attached hydrogen (secondary N) is 2. The molecule has 0 saturated heterocycles. The maximum Gasteiger partial charge on any atom is 0.266 e. The van der Waals surface area contributed by atoms with E-state index in [-0.39, 0.29) is 25.5 Å². The van der Waals surface area contributed by atoms with Gasteiger partial charge in [0.15, 0.2) is 11.6 Å². The van der Waals surface area contributed by atoms with Crippen molar-refractivity contribution in [3.63, 3.8) is 0 Å². The summed E-state index contributed by atoms with van der Waals surface area (Å²) in [5.74, 6) is 0.602. The van der Waals surface area contributed by atoms with Crippen LogP contribution in [0.5, 0.6) is 5.75 Å². The van der Waals surface area contributed by atoms with Gasteiger partial charge in [0.25, 0.3) is 5.91 Å². The number of amides is 1. The number of rotatable bonds is 15. The number of ether oxygens (including phenoxy) is 2. The molecule has 2 atom stereocenters. The van der Waals surface area contributed by atoms with Crippen LogP contribution in [-0.2, 0) is 28.9 Å². The highest BCUT2D eigenvalue weighted by atomic mass is 79.9. The first-order valence-corrected chi connectivity index (χ1v) is 15.8. The van der Waals surface area contributed by atoms with Crippen LogP contribution in [0.1, 0.15) is 40.3 Å². The molecule has 0 spiro atoms. The van der Waals surface area contributed by atoms with Gasteiger partial charge in [0, 0.05) is 46.5 Å². The minimum absolute atomic E-state index is 0.0520. The van der Waals surface area contributed by atoms with E-state index in [0.29, 0.717) is 43.2 Å². The highest BCUT2D eigenvalue weighted by Gasteiger charge is 2.54. The molecule has 1 heterocycles. The van der Waals surface area contributed by atoms with Crippen molar-refractivity contribution in [2.24, 2.45) is 10.1 Å². The predicted molar refractivity (Wildman–Crippen MR) is 180 cm³/mol. The minimum atomic E-state index is -1.44. The lowest BCUT2D eigenvalue weighted by Gasteiger charge is -2.32. The molecule has 236 valence electrons. The number of carbonyl (C=O) groups is 1. The Morgan fingerprint density at radius 1 is 1.00 bits per heavy atom. The van der Waals surface area contributed by atoms with Gasteiger partial charge < -0.3 is 14.6 Å². The summed E-state index contributed by atoms with van der Waals surface area (Å²) in [5.41, 5.74) is 17.8. The SMILES string of the molecule is [N-]=[N+]=NCc1ccccc1C[C@]1(C(=O)NNCCc2ccccc2)N=C(c2ccc(OCCCO)cc2)O[C@H]1c1ccccc1Br. The molecule has 1 aliphatic rings. The molecule has 10 nitrogen and oxygen atoms in total. The lowest BCUT2D eigenvalue weighted by Crippen LogP contribution is -2.54. The van der Waals surface area contributed by atoms with Gasteiger partial charge in [-0.1, -0.05) is 93.8 Å². The van der Waals surface area contributed by atoms with E-state index in [4.69, 9.17) is 25.1 Å². The number of aliphatic imine (C=N–C) groups is 1. The standard InChI is InChI=1S/C35H35BrN6O4/c36-31-14-7-6-13-30(31)32-35(23-27-11-4-5-12-28(27)24-39-42-37,34(44)41-38-20-19-25-9-2-1-3-10-25)40-33(46-32)26-15-17-29(18-16-26)45-22-8-21-43/h1-7,9-18,32,38,43H,8,19-24H2,(H,41,44)/t32-,35-/m0/s1. The first kappa shape index (κ1) is 32.7. The van der Waals surface area contributed by atoms with Gasteiger partial charge >= 0.3 is 0 Å². The van der Waals surface area contributed by atoms with Crippen LogP contribution in [0.3, 0.4) is 0 Å². The third kappa shape index (κ3) is 7.94. The Labute approximate surface area is 276 Å². The smallest absolute Gasteiger partial charge is 0.266 e. The zero-order valence-electron chi connectivity index (χ0n) is 25.2. The first-order chi connectivity index (χ1) is 22.5. The summed E-state index contributed by atoms with van der Waals surface area (Å²) in [5, 5.41) is 12.9. The molecule has 3 N–H and O–H groups in total. The van der Waals surface area contributed by atoms with Gasteiger partial charge in [-0.2, -0.15) is 0 Å². The van der Waals surface area contributed by atoms with Crippen LogP contribution in [0.25, 0.3) is 10.4 Å². The summed E-state index contributed by atoms with van der Waals surface area (Å²) < 4.78 is 13.1. The Hall–Kier alpha value is -4.67. The fourth-order valence-corrected chi connectivity index (χ4v) is 5.82. The maximum absolute atomic E-state index is 14.5. The average Bonchev–Trinajstić information content (AvgIpc) is 3.47. The van der Waals surface area contributed by atoms with Crippen molar-refractivity contribution in [3.05, 3.63) is 146 Å². The molecule has 5 rings (SSSR count). The molecule has 1 amide bonds. The van der Waals surface area contributed by atoms with Crippen LogP contribution >= 0.6 is 15.9 Å². The van der Waals surface area contributed by atoms with E-state index in [1.165, 1.54) is 0 Å². The molecule has 0 radical (unpaired) electrons. The Morgan fingerprint density at radius 2 is 1.72 bits per heavy atom. The predicted octanol–water partition coefficient (Wildman–Crippen LogP) is 6.38. The van der Waals surface area contributed by atoms with Crippen LogP contribution in [0.4, 0.5) is 0 Å². The Morgan fingerprint density at radius 3 is 2.46 bits per heavy atom. The molecular weight excluding hydrogens is 648 g/mol. The molecule has 0 aromatic heterocycles. The molecule has 1 aliphatic heterocycles. The largest absolute Gasteiger partial charge is 0.494 e. The number of hydrazine groups is 1. The Balaban J connectivity index is 1.53. The van der Waals surface area contributed by atoms with Gasteiger partial charge in [0.1, 0.15) is 5.75 Å². The normalized spacial score (nSPS) is 17.0. The van der Waals surface area contributed by atoms with E-state index < -0.39 is 11.6 Å². The van der Waals surface area contributed by atoms with E-state index >= 15 is 0 Å². The summed E-state index contributed by atoms with van der Waals surface area (Å²) in [6.07, 6.45) is 0.619. The zero-order chi connectivity index (χ0) is 32.2. The number of benzene rings is 4. The van der Waals surface area contributed by atoms with Gasteiger partial charge in [-0.05, 0) is 59.0 Å². The monoisotopic (exact) mass is 682 g/mol. The molecule has 0 saturated carbocycles. The minimum Gasteiger partial charge on any atom is -0.494 e. The van der Waals surface area contributed by atoms with Crippen molar-refractivity contribution < 1.29 is 19.4 Å². The number of nitrogens with zero attached hydrogens (tertiary/aromatic N) is 4. The maximum atomic E-state index is 14.5. The van der Waals surface area contributed by atoms with Gasteiger partial charge in [-0.3, -0.25) is 10.2 Å². The van der Waals surface area contributed by atoms with E-state index in [1.807, 2.05) is 103 Å². The van der Waals surface area contributed by atoms with Crippen LogP contribution < -0.4 is 15.6 Å². The number of hydrogen-bond acceptors (Lipinski definition) is 7. The molecule has 0 fully saturated rings. The summed E-state index contributed by atoms with van der Waals surface area (Å²) in [7, 11) is 0. The molecule has 4 aromatic carbocycles. The van der Waals surface area contributed by atoms with Crippen molar-refractivity contribution in [2.75, 3.05) is 19.8 Å². The molecule has 0 bridgehead atoms. The third-order valence-electron chi connectivity index (χ3n) is 7.68. The van der Waals surface area contributed by atoms with Crippen molar-refractivity contribution in [3.8, 4) is 5.75 Å². The summed E-state index contributed by atoms with van der Waals surface area (Å²) in [4.78, 5) is 22.5. The fraction of sp³-hybridized carbons (Fsp3) is 0.257. The Kier molecular flexibility index (Phi) is 11.4. The molecule has 46 heavy (non-hydrogen) atoms. The lowest BCUT2D eigenvalue weighted by molar-refractivity contribution is -0.130. The summed E-state index contributed by atoms with van der Waals surface area (Å²) in [6, 6.07) is 32.5. The van der Waals surface area contributed by atoms with Crippen molar-refractivity contribution in [2.45, 2.75) is 37.5 Å². The van der Waals surface area contributed by atoms with Gasteiger partial charge in [-0.15, -0.1) is 0 Å². The number of hydrogen-bond donors (Lipinski definition) is 3. The van der Waals surface area contributed by atoms with Crippen molar-refractivity contribution >= 4 is 27.7 Å². The van der Waals surface area contributed by atoms with Crippen molar-refractivity contribution in [1.29, 1.82) is 0 Å². The van der Waals surface area contributed by atoms with E-state index in [0.717, 1.165) is 26.7 Å². The first-order valence-electron chi connectivity index (χ1n) is 15.0. The van der Waals surface area contributed by atoms with Crippen LogP contribution in [0, 0.1) is 0 Å². The van der Waals surface area contributed by atoms with Crippen molar-refractivity contribution in [1.82, 2.24) is 10.9 Å². The van der Waals surface area contributed by atoms with E-state index in [1.54, 1.807) is 0 Å². The van der Waals surface area contributed by atoms with Crippen LogP contribution in [0.15, 0.2) is 118 Å². The highest BCUT2D eigenvalue weighted by molar-refractivity contribution is 9.10. The number of azide groups is 1. The zero-order valence-corrected chi connectivity index (χ0v) is 26.8. The Bertz CT molecular complexity index is 1700. The molecule has 4 aromatic rings. The number of carbonyl (C=O) groups excluding carboxylic acids is 1. The third-order valence-corrected chi connectivity index (χ3v) is 8.41. The second kappa shape index (κ2) is 16.1. The molecule has 11 heteroatoms.